The van der Waals surface area contributed by atoms with Gasteiger partial charge in [-0.05, 0) is 25.0 Å². The summed E-state index contributed by atoms with van der Waals surface area (Å²) in [4.78, 5) is 36.0. The molecule has 2 atom stereocenters. The van der Waals surface area contributed by atoms with Crippen molar-refractivity contribution in [3.05, 3.63) is 38.5 Å². The van der Waals surface area contributed by atoms with Gasteiger partial charge in [0.25, 0.3) is 0 Å². The predicted molar refractivity (Wildman–Crippen MR) is 108 cm³/mol. The molecule has 1 unspecified atom stereocenters. The monoisotopic (exact) mass is 483 g/mol. The number of phosphoric ester groups is 1. The molecule has 0 saturated carbocycles. The van der Waals surface area contributed by atoms with Crippen molar-refractivity contribution in [2.75, 3.05) is 18.9 Å². The molecule has 168 valence electrons. The summed E-state index contributed by atoms with van der Waals surface area (Å²) in [6.45, 7) is 2.58. The van der Waals surface area contributed by atoms with Crippen molar-refractivity contribution in [1.82, 2.24) is 9.97 Å². The van der Waals surface area contributed by atoms with Crippen LogP contribution in [0.3, 0.4) is 0 Å². The molecule has 0 amide bonds. The van der Waals surface area contributed by atoms with Crippen molar-refractivity contribution in [3.63, 3.8) is 0 Å². The van der Waals surface area contributed by atoms with E-state index in [2.05, 4.69) is 18.8 Å². The SMILES string of the molecule is Cc1ncc(Cc2c([C@H](O)CO)sc(CCOP(=O)(O)OP(=O)(O)O)c2C)c(N)n1. The number of nitrogen functional groups attached to an aromatic ring is 1. The minimum Gasteiger partial charge on any atom is -0.393 e. The molecule has 0 spiro atoms. The molecule has 2 aromatic rings. The number of phosphoric acid groups is 2. The molecular formula is C15H23N3O9P2S. The van der Waals surface area contributed by atoms with Crippen LogP contribution in [0.15, 0.2) is 6.20 Å². The Morgan fingerprint density at radius 1 is 1.27 bits per heavy atom. The molecule has 0 saturated heterocycles. The van der Waals surface area contributed by atoms with E-state index >= 15 is 0 Å². The topological polar surface area (TPSA) is 206 Å². The van der Waals surface area contributed by atoms with Crippen LogP contribution in [0.4, 0.5) is 5.82 Å². The average molecular weight is 483 g/mol. The second-order valence-corrected chi connectivity index (χ2v) is 10.3. The van der Waals surface area contributed by atoms with Crippen LogP contribution >= 0.6 is 27.0 Å². The first-order valence-electron chi connectivity index (χ1n) is 8.55. The van der Waals surface area contributed by atoms with E-state index in [9.17, 15) is 24.2 Å². The number of aromatic nitrogens is 2. The Bertz CT molecular complexity index is 994. The van der Waals surface area contributed by atoms with Gasteiger partial charge in [-0.1, -0.05) is 0 Å². The fraction of sp³-hybridized carbons (Fsp3) is 0.467. The Balaban J connectivity index is 2.23. The number of rotatable bonds is 10. The molecule has 30 heavy (non-hydrogen) atoms. The highest BCUT2D eigenvalue weighted by atomic mass is 32.1. The molecule has 12 nitrogen and oxygen atoms in total. The molecule has 2 aromatic heterocycles. The largest absolute Gasteiger partial charge is 0.481 e. The molecule has 15 heteroatoms. The van der Waals surface area contributed by atoms with Gasteiger partial charge in [-0.15, -0.1) is 11.3 Å². The van der Waals surface area contributed by atoms with Crippen molar-refractivity contribution < 1.29 is 42.9 Å². The minimum absolute atomic E-state index is 0.0938. The second-order valence-electron chi connectivity index (χ2n) is 6.32. The third kappa shape index (κ3) is 6.89. The summed E-state index contributed by atoms with van der Waals surface area (Å²) < 4.78 is 30.6. The smallest absolute Gasteiger partial charge is 0.393 e. The number of aliphatic hydroxyl groups excluding tert-OH is 2. The van der Waals surface area contributed by atoms with Crippen LogP contribution in [-0.2, 0) is 30.8 Å². The molecule has 0 aromatic carbocycles. The van der Waals surface area contributed by atoms with Gasteiger partial charge >= 0.3 is 15.6 Å². The molecule has 0 fully saturated rings. The zero-order chi connectivity index (χ0) is 22.7. The predicted octanol–water partition coefficient (Wildman–Crippen LogP) is 1.12. The summed E-state index contributed by atoms with van der Waals surface area (Å²) >= 11 is 1.17. The van der Waals surface area contributed by atoms with Crippen molar-refractivity contribution in [3.8, 4) is 0 Å². The summed E-state index contributed by atoms with van der Waals surface area (Å²) in [7, 11) is -10.1. The zero-order valence-corrected chi connectivity index (χ0v) is 18.7. The number of aliphatic hydroxyl groups is 2. The summed E-state index contributed by atoms with van der Waals surface area (Å²) in [5.74, 6) is 0.802. The Kier molecular flexibility index (Phi) is 8.28. The highest BCUT2D eigenvalue weighted by molar-refractivity contribution is 7.60. The second kappa shape index (κ2) is 9.92. The summed E-state index contributed by atoms with van der Waals surface area (Å²) in [5, 5.41) is 19.6. The quantitative estimate of drug-likeness (QED) is 0.263. The number of nitrogens with zero attached hydrogens (tertiary/aromatic N) is 2. The maximum absolute atomic E-state index is 11.6. The Morgan fingerprint density at radius 2 is 1.93 bits per heavy atom. The Labute approximate surface area is 176 Å². The lowest BCUT2D eigenvalue weighted by atomic mass is 9.99. The van der Waals surface area contributed by atoms with Crippen molar-refractivity contribution in [1.29, 1.82) is 0 Å². The zero-order valence-electron chi connectivity index (χ0n) is 16.1. The van der Waals surface area contributed by atoms with E-state index in [0.717, 1.165) is 5.56 Å². The van der Waals surface area contributed by atoms with Crippen LogP contribution in [0.5, 0.6) is 0 Å². The lowest BCUT2D eigenvalue weighted by Crippen LogP contribution is -2.07. The number of nitrogens with two attached hydrogens (primary N) is 1. The molecule has 0 aliphatic heterocycles. The van der Waals surface area contributed by atoms with E-state index in [1.165, 1.54) is 11.3 Å². The van der Waals surface area contributed by atoms with Crippen LogP contribution in [0.25, 0.3) is 0 Å². The highest BCUT2D eigenvalue weighted by Gasteiger charge is 2.32. The van der Waals surface area contributed by atoms with Crippen molar-refractivity contribution >= 4 is 32.8 Å². The highest BCUT2D eigenvalue weighted by Crippen LogP contribution is 2.57. The van der Waals surface area contributed by atoms with Gasteiger partial charge in [0.05, 0.1) is 13.2 Å². The van der Waals surface area contributed by atoms with E-state index in [-0.39, 0.29) is 13.0 Å². The van der Waals surface area contributed by atoms with Gasteiger partial charge in [0.1, 0.15) is 17.7 Å². The number of hydrogen-bond acceptors (Lipinski definition) is 10. The third-order valence-corrected chi connectivity index (χ3v) is 7.74. The van der Waals surface area contributed by atoms with Crippen LogP contribution < -0.4 is 5.73 Å². The normalized spacial score (nSPS) is 15.2. The van der Waals surface area contributed by atoms with Crippen LogP contribution in [0.1, 0.15) is 38.4 Å². The summed E-state index contributed by atoms with van der Waals surface area (Å²) in [6, 6.07) is 0. The average Bonchev–Trinajstić information content (AvgIpc) is 2.90. The van der Waals surface area contributed by atoms with Crippen LogP contribution in [0, 0.1) is 13.8 Å². The first-order chi connectivity index (χ1) is 13.8. The molecular weight excluding hydrogens is 460 g/mol. The van der Waals surface area contributed by atoms with E-state index < -0.39 is 28.4 Å². The number of hydrogen-bond donors (Lipinski definition) is 6. The number of aryl methyl sites for hydroxylation is 1. The van der Waals surface area contributed by atoms with Crippen LogP contribution in [-0.4, -0.2) is 48.1 Å². The fourth-order valence-corrected chi connectivity index (χ4v) is 5.56. The molecule has 2 heterocycles. The lowest BCUT2D eigenvalue weighted by Gasteiger charge is -2.12. The van der Waals surface area contributed by atoms with E-state index in [0.29, 0.717) is 38.9 Å². The van der Waals surface area contributed by atoms with Crippen LogP contribution in [0.2, 0.25) is 0 Å². The van der Waals surface area contributed by atoms with Crippen molar-refractivity contribution in [2.24, 2.45) is 0 Å². The summed E-state index contributed by atoms with van der Waals surface area (Å²) in [5.41, 5.74) is 8.03. The molecule has 2 rings (SSSR count). The third-order valence-electron chi connectivity index (χ3n) is 4.06. The maximum Gasteiger partial charge on any atom is 0.481 e. The van der Waals surface area contributed by atoms with Gasteiger partial charge in [-0.2, -0.15) is 4.31 Å². The molecule has 7 N–H and O–H groups in total. The number of anilines is 1. The Morgan fingerprint density at radius 3 is 2.50 bits per heavy atom. The lowest BCUT2D eigenvalue weighted by molar-refractivity contribution is 0.0977. The first-order valence-corrected chi connectivity index (χ1v) is 12.4. The van der Waals surface area contributed by atoms with Gasteiger partial charge in [-0.25, -0.2) is 19.1 Å². The number of thiophene rings is 1. The van der Waals surface area contributed by atoms with Gasteiger partial charge < -0.3 is 30.6 Å². The Hall–Kier alpha value is -1.24. The van der Waals surface area contributed by atoms with Crippen molar-refractivity contribution in [2.45, 2.75) is 32.8 Å². The van der Waals surface area contributed by atoms with E-state index in [4.69, 9.17) is 15.5 Å². The van der Waals surface area contributed by atoms with Gasteiger partial charge in [0.15, 0.2) is 0 Å². The van der Waals surface area contributed by atoms with Gasteiger partial charge in [0.2, 0.25) is 0 Å². The van der Waals surface area contributed by atoms with E-state index in [1.54, 1.807) is 20.0 Å². The fourth-order valence-electron chi connectivity index (χ4n) is 2.69. The molecule has 0 radical (unpaired) electrons. The maximum atomic E-state index is 11.6. The minimum atomic E-state index is -5.20. The van der Waals surface area contributed by atoms with Gasteiger partial charge in [0, 0.05) is 34.4 Å². The molecule has 0 aliphatic rings. The van der Waals surface area contributed by atoms with E-state index in [1.807, 2.05) is 0 Å². The molecule has 0 bridgehead atoms. The first kappa shape index (κ1) is 25.0. The standard InChI is InChI=1S/C15H23N3O9P2S/c1-8-11(5-10-6-17-9(2)18-15(10)16)14(12(20)7-19)30-13(8)3-4-26-29(24,25)27-28(21,22)23/h6,12,19-20H,3-5,7H2,1-2H3,(H,24,25)(H2,16,17,18)(H2,21,22,23)/t12-/m1/s1. The van der Waals surface area contributed by atoms with Gasteiger partial charge in [-0.3, -0.25) is 4.52 Å². The summed E-state index contributed by atoms with van der Waals surface area (Å²) in [6.07, 6.45) is 0.819. The molecule has 0 aliphatic carbocycles.